The summed E-state index contributed by atoms with van der Waals surface area (Å²) in [7, 11) is 3.85. The first-order chi connectivity index (χ1) is 10.1. The zero-order valence-electron chi connectivity index (χ0n) is 13.0. The Morgan fingerprint density at radius 1 is 1.38 bits per heavy atom. The Morgan fingerprint density at radius 3 is 2.71 bits per heavy atom. The van der Waals surface area contributed by atoms with Crippen LogP contribution in [0.1, 0.15) is 27.4 Å². The van der Waals surface area contributed by atoms with Crippen LogP contribution in [0, 0.1) is 6.92 Å². The Hall–Kier alpha value is -1.40. The Labute approximate surface area is 134 Å². The van der Waals surface area contributed by atoms with Crippen LogP contribution in [-0.4, -0.2) is 29.9 Å². The summed E-state index contributed by atoms with van der Waals surface area (Å²) in [4.78, 5) is 13.7. The standard InChI is InChI=1S/C15H22N4S2/c1-5-13-6-7-14(21-13)8-17-15(16-3)19(4)9-12-10-20-11(2)18-12/h6-7,10H,5,8-9H2,1-4H3,(H,16,17). The maximum Gasteiger partial charge on any atom is 0.194 e. The first kappa shape index (κ1) is 16.0. The first-order valence-corrected chi connectivity index (χ1v) is 8.72. The van der Waals surface area contributed by atoms with E-state index < -0.39 is 0 Å². The summed E-state index contributed by atoms with van der Waals surface area (Å²) < 4.78 is 0. The number of thiophene rings is 1. The van der Waals surface area contributed by atoms with E-state index in [9.17, 15) is 0 Å². The van der Waals surface area contributed by atoms with Crippen molar-refractivity contribution in [1.82, 2.24) is 15.2 Å². The van der Waals surface area contributed by atoms with E-state index in [-0.39, 0.29) is 0 Å². The van der Waals surface area contributed by atoms with E-state index in [1.54, 1.807) is 11.3 Å². The Bertz CT molecular complexity index is 600. The van der Waals surface area contributed by atoms with Crippen LogP contribution in [0.3, 0.4) is 0 Å². The van der Waals surface area contributed by atoms with Crippen molar-refractivity contribution in [3.8, 4) is 0 Å². The molecular weight excluding hydrogens is 300 g/mol. The number of aromatic nitrogens is 1. The number of nitrogens with one attached hydrogen (secondary N) is 1. The summed E-state index contributed by atoms with van der Waals surface area (Å²) in [5.74, 6) is 0.895. The van der Waals surface area contributed by atoms with Gasteiger partial charge in [0.15, 0.2) is 5.96 Å². The molecule has 0 spiro atoms. The van der Waals surface area contributed by atoms with Crippen molar-refractivity contribution in [2.24, 2.45) is 4.99 Å². The molecule has 1 N–H and O–H groups in total. The van der Waals surface area contributed by atoms with Crippen molar-refractivity contribution < 1.29 is 0 Å². The Morgan fingerprint density at radius 2 is 2.14 bits per heavy atom. The normalized spacial score (nSPS) is 11.7. The lowest BCUT2D eigenvalue weighted by molar-refractivity contribution is 0.471. The van der Waals surface area contributed by atoms with E-state index >= 15 is 0 Å². The average Bonchev–Trinajstić information content (AvgIpc) is 3.08. The zero-order chi connectivity index (χ0) is 15.2. The maximum atomic E-state index is 4.50. The van der Waals surface area contributed by atoms with Crippen LogP contribution >= 0.6 is 22.7 Å². The molecule has 4 nitrogen and oxygen atoms in total. The van der Waals surface area contributed by atoms with Crippen LogP contribution in [-0.2, 0) is 19.5 Å². The van der Waals surface area contributed by atoms with Gasteiger partial charge < -0.3 is 10.2 Å². The number of aliphatic imine (C=N–C) groups is 1. The van der Waals surface area contributed by atoms with Gasteiger partial charge in [0.05, 0.1) is 23.8 Å². The fourth-order valence-electron chi connectivity index (χ4n) is 2.06. The smallest absolute Gasteiger partial charge is 0.194 e. The number of thiazole rings is 1. The quantitative estimate of drug-likeness (QED) is 0.678. The van der Waals surface area contributed by atoms with Crippen LogP contribution in [0.25, 0.3) is 0 Å². The van der Waals surface area contributed by atoms with E-state index in [0.717, 1.165) is 36.2 Å². The van der Waals surface area contributed by atoms with Crippen LogP contribution in [0.4, 0.5) is 0 Å². The highest BCUT2D eigenvalue weighted by Crippen LogP contribution is 2.16. The topological polar surface area (TPSA) is 40.5 Å². The minimum atomic E-state index is 0.772. The summed E-state index contributed by atoms with van der Waals surface area (Å²) in [6.07, 6.45) is 1.10. The molecule has 0 unspecified atom stereocenters. The van der Waals surface area contributed by atoms with Crippen molar-refractivity contribution in [2.75, 3.05) is 14.1 Å². The second kappa shape index (κ2) is 7.56. The average molecular weight is 323 g/mol. The van der Waals surface area contributed by atoms with Crippen molar-refractivity contribution in [3.05, 3.63) is 38.0 Å². The molecule has 0 bridgehead atoms. The number of hydrogen-bond donors (Lipinski definition) is 1. The number of aryl methyl sites for hydroxylation is 2. The van der Waals surface area contributed by atoms with Gasteiger partial charge in [0, 0.05) is 29.2 Å². The molecule has 0 saturated heterocycles. The molecule has 0 radical (unpaired) electrons. The van der Waals surface area contributed by atoms with Crippen molar-refractivity contribution in [2.45, 2.75) is 33.4 Å². The van der Waals surface area contributed by atoms with Crippen molar-refractivity contribution in [1.29, 1.82) is 0 Å². The summed E-state index contributed by atoms with van der Waals surface area (Å²) in [5, 5.41) is 6.62. The lowest BCUT2D eigenvalue weighted by atomic mass is 10.3. The largest absolute Gasteiger partial charge is 0.351 e. The molecule has 114 valence electrons. The molecule has 0 atom stereocenters. The Kier molecular flexibility index (Phi) is 5.76. The minimum Gasteiger partial charge on any atom is -0.351 e. The highest BCUT2D eigenvalue weighted by atomic mass is 32.1. The van der Waals surface area contributed by atoms with E-state index in [1.807, 2.05) is 32.4 Å². The fourth-order valence-corrected chi connectivity index (χ4v) is 3.56. The van der Waals surface area contributed by atoms with E-state index in [1.165, 1.54) is 9.75 Å². The molecular formula is C15H22N4S2. The molecule has 0 amide bonds. The third-order valence-corrected chi connectivity index (χ3v) is 5.18. The highest BCUT2D eigenvalue weighted by molar-refractivity contribution is 7.12. The maximum absolute atomic E-state index is 4.50. The van der Waals surface area contributed by atoms with Gasteiger partial charge >= 0.3 is 0 Å². The second-order valence-corrected chi connectivity index (χ2v) is 7.15. The van der Waals surface area contributed by atoms with Crippen molar-refractivity contribution in [3.63, 3.8) is 0 Å². The van der Waals surface area contributed by atoms with Gasteiger partial charge in [-0.3, -0.25) is 4.99 Å². The van der Waals surface area contributed by atoms with Gasteiger partial charge in [0.2, 0.25) is 0 Å². The summed E-state index contributed by atoms with van der Waals surface area (Å²) in [6, 6.07) is 4.39. The SMILES string of the molecule is CCc1ccc(CNC(=NC)N(C)Cc2csc(C)n2)s1. The molecule has 21 heavy (non-hydrogen) atoms. The predicted molar refractivity (Wildman–Crippen MR) is 92.2 cm³/mol. The summed E-state index contributed by atoms with van der Waals surface area (Å²) >= 11 is 3.54. The third kappa shape index (κ3) is 4.54. The molecule has 2 aromatic heterocycles. The molecule has 0 aliphatic rings. The van der Waals surface area contributed by atoms with Crippen LogP contribution in [0.15, 0.2) is 22.5 Å². The lowest BCUT2D eigenvalue weighted by Gasteiger charge is -2.20. The van der Waals surface area contributed by atoms with Crippen molar-refractivity contribution >= 4 is 28.6 Å². The molecule has 6 heteroatoms. The van der Waals surface area contributed by atoms with Gasteiger partial charge in [0.1, 0.15) is 0 Å². The lowest BCUT2D eigenvalue weighted by Crippen LogP contribution is -2.37. The predicted octanol–water partition coefficient (Wildman–Crippen LogP) is 3.28. The highest BCUT2D eigenvalue weighted by Gasteiger charge is 2.09. The molecule has 0 aromatic carbocycles. The third-order valence-electron chi connectivity index (χ3n) is 3.13. The molecule has 0 aliphatic carbocycles. The zero-order valence-corrected chi connectivity index (χ0v) is 14.6. The van der Waals surface area contributed by atoms with Crippen LogP contribution in [0.2, 0.25) is 0 Å². The van der Waals surface area contributed by atoms with Gasteiger partial charge in [-0.1, -0.05) is 6.92 Å². The molecule has 0 aliphatic heterocycles. The summed E-state index contributed by atoms with van der Waals surface area (Å²) in [6.45, 7) is 5.81. The monoisotopic (exact) mass is 322 g/mol. The second-order valence-electron chi connectivity index (χ2n) is 4.84. The molecule has 2 heterocycles. The van der Waals surface area contributed by atoms with Crippen LogP contribution in [0.5, 0.6) is 0 Å². The van der Waals surface area contributed by atoms with Crippen LogP contribution < -0.4 is 5.32 Å². The number of hydrogen-bond acceptors (Lipinski definition) is 4. The molecule has 0 saturated carbocycles. The molecule has 0 fully saturated rings. The van der Waals surface area contributed by atoms with Gasteiger partial charge in [-0.2, -0.15) is 0 Å². The van der Waals surface area contributed by atoms with Gasteiger partial charge in [-0.15, -0.1) is 22.7 Å². The van der Waals surface area contributed by atoms with E-state index in [2.05, 4.69) is 44.6 Å². The van der Waals surface area contributed by atoms with E-state index in [0.29, 0.717) is 0 Å². The molecule has 2 aromatic rings. The van der Waals surface area contributed by atoms with Gasteiger partial charge in [-0.25, -0.2) is 4.98 Å². The minimum absolute atomic E-state index is 0.772. The number of nitrogens with zero attached hydrogens (tertiary/aromatic N) is 3. The van der Waals surface area contributed by atoms with E-state index in [4.69, 9.17) is 0 Å². The molecule has 2 rings (SSSR count). The number of guanidine groups is 1. The Balaban J connectivity index is 1.90. The first-order valence-electron chi connectivity index (χ1n) is 7.02. The number of rotatable bonds is 5. The fraction of sp³-hybridized carbons (Fsp3) is 0.467. The summed E-state index contributed by atoms with van der Waals surface area (Å²) in [5.41, 5.74) is 1.09. The van der Waals surface area contributed by atoms with Gasteiger partial charge in [-0.05, 0) is 25.5 Å². The van der Waals surface area contributed by atoms with Gasteiger partial charge in [0.25, 0.3) is 0 Å².